The molecule has 0 spiro atoms. The van der Waals surface area contributed by atoms with Crippen LogP contribution in [-0.2, 0) is 13.1 Å². The van der Waals surface area contributed by atoms with E-state index in [1.54, 1.807) is 36.7 Å². The van der Waals surface area contributed by atoms with Crippen LogP contribution in [0.2, 0.25) is 5.02 Å². The number of aliphatic hydroxyl groups excluding tert-OH is 1. The number of imidazole rings is 1. The average molecular weight is 427 g/mol. The molecule has 2 heterocycles. The summed E-state index contributed by atoms with van der Waals surface area (Å²) in [5, 5.41) is 23.8. The van der Waals surface area contributed by atoms with Gasteiger partial charge in [0.25, 0.3) is 5.91 Å². The van der Waals surface area contributed by atoms with Gasteiger partial charge in [0.05, 0.1) is 28.1 Å². The van der Waals surface area contributed by atoms with Crippen molar-refractivity contribution in [3.8, 4) is 17.3 Å². The van der Waals surface area contributed by atoms with Gasteiger partial charge in [0, 0.05) is 30.8 Å². The molecule has 30 heavy (non-hydrogen) atoms. The minimum Gasteiger partial charge on any atom is -0.392 e. The highest BCUT2D eigenvalue weighted by Gasteiger charge is 2.24. The number of aryl methyl sites for hydroxylation is 1. The Bertz CT molecular complexity index is 1130. The van der Waals surface area contributed by atoms with Gasteiger partial charge in [0.15, 0.2) is 0 Å². The number of aliphatic hydroxyl groups is 1. The summed E-state index contributed by atoms with van der Waals surface area (Å²) in [6, 6.07) is 9.07. The van der Waals surface area contributed by atoms with E-state index in [0.29, 0.717) is 35.2 Å². The lowest BCUT2D eigenvalue weighted by Gasteiger charge is -2.18. The monoisotopic (exact) mass is 426 g/mol. The fourth-order valence-electron chi connectivity index (χ4n) is 3.51. The molecular formula is C21H23ClN6O2. The standard InChI is InChI=1S/C21H23ClN6O2/c1-12(20-19(21(24)30)25-14(3)28(20)11-13(2)29)10-27-7-6-18(26-27)15-4-5-16(9-23)17(22)8-15/h4-8,12-13,29H,10-11H2,1-3H3,(H2,24,30)/t12-,13+/m0/s1. The van der Waals surface area contributed by atoms with Gasteiger partial charge in [-0.05, 0) is 32.0 Å². The predicted octanol–water partition coefficient (Wildman–Crippen LogP) is 2.86. The van der Waals surface area contributed by atoms with Crippen molar-refractivity contribution in [1.29, 1.82) is 5.26 Å². The summed E-state index contributed by atoms with van der Waals surface area (Å²) in [5.74, 6) is -0.109. The fourth-order valence-corrected chi connectivity index (χ4v) is 3.73. The molecular weight excluding hydrogens is 404 g/mol. The molecule has 0 saturated carbocycles. The van der Waals surface area contributed by atoms with Crippen molar-refractivity contribution in [2.24, 2.45) is 5.73 Å². The highest BCUT2D eigenvalue weighted by atomic mass is 35.5. The number of primary amides is 1. The lowest BCUT2D eigenvalue weighted by molar-refractivity contribution is 0.0993. The minimum atomic E-state index is -0.599. The number of halogens is 1. The maximum atomic E-state index is 11.9. The van der Waals surface area contributed by atoms with Crippen LogP contribution >= 0.6 is 11.6 Å². The van der Waals surface area contributed by atoms with E-state index in [1.807, 2.05) is 29.8 Å². The molecule has 0 aliphatic carbocycles. The summed E-state index contributed by atoms with van der Waals surface area (Å²) < 4.78 is 3.60. The Balaban J connectivity index is 1.89. The van der Waals surface area contributed by atoms with E-state index in [4.69, 9.17) is 22.6 Å². The van der Waals surface area contributed by atoms with Crippen molar-refractivity contribution in [2.75, 3.05) is 0 Å². The summed E-state index contributed by atoms with van der Waals surface area (Å²) in [6.07, 6.45) is 1.24. The summed E-state index contributed by atoms with van der Waals surface area (Å²) >= 11 is 6.13. The number of hydrogen-bond acceptors (Lipinski definition) is 5. The zero-order valence-electron chi connectivity index (χ0n) is 17.0. The van der Waals surface area contributed by atoms with Crippen molar-refractivity contribution in [1.82, 2.24) is 19.3 Å². The molecule has 8 nitrogen and oxygen atoms in total. The Hall–Kier alpha value is -3.15. The summed E-state index contributed by atoms with van der Waals surface area (Å²) in [7, 11) is 0. The normalized spacial score (nSPS) is 13.1. The van der Waals surface area contributed by atoms with Gasteiger partial charge in [-0.15, -0.1) is 0 Å². The molecule has 0 saturated heterocycles. The smallest absolute Gasteiger partial charge is 0.269 e. The van der Waals surface area contributed by atoms with Gasteiger partial charge in [-0.1, -0.05) is 24.6 Å². The van der Waals surface area contributed by atoms with Crippen LogP contribution in [0.1, 0.15) is 47.3 Å². The van der Waals surface area contributed by atoms with E-state index in [9.17, 15) is 9.90 Å². The number of nitriles is 1. The first kappa shape index (κ1) is 21.6. The first-order chi connectivity index (χ1) is 14.2. The number of amides is 1. The van der Waals surface area contributed by atoms with Crippen LogP contribution in [0, 0.1) is 18.3 Å². The van der Waals surface area contributed by atoms with E-state index in [2.05, 4.69) is 10.1 Å². The average Bonchev–Trinajstić information content (AvgIpc) is 3.26. The third kappa shape index (κ3) is 4.37. The molecule has 0 fully saturated rings. The number of nitrogens with two attached hydrogens (primary N) is 1. The molecule has 3 N–H and O–H groups in total. The third-order valence-corrected chi connectivity index (χ3v) is 5.14. The van der Waals surface area contributed by atoms with E-state index in [1.165, 1.54) is 0 Å². The largest absolute Gasteiger partial charge is 0.392 e. The van der Waals surface area contributed by atoms with E-state index >= 15 is 0 Å². The van der Waals surface area contributed by atoms with Gasteiger partial charge in [-0.25, -0.2) is 4.98 Å². The number of rotatable bonds is 7. The summed E-state index contributed by atoms with van der Waals surface area (Å²) in [4.78, 5) is 16.2. The molecule has 0 aliphatic heterocycles. The number of benzene rings is 1. The minimum absolute atomic E-state index is 0.134. The van der Waals surface area contributed by atoms with Crippen LogP contribution in [-0.4, -0.2) is 36.4 Å². The molecule has 1 aromatic carbocycles. The van der Waals surface area contributed by atoms with Gasteiger partial charge in [-0.2, -0.15) is 10.4 Å². The Morgan fingerprint density at radius 1 is 1.33 bits per heavy atom. The van der Waals surface area contributed by atoms with Crippen LogP contribution in [0.3, 0.4) is 0 Å². The molecule has 0 unspecified atom stereocenters. The highest BCUT2D eigenvalue weighted by Crippen LogP contribution is 2.26. The van der Waals surface area contributed by atoms with Crippen molar-refractivity contribution < 1.29 is 9.90 Å². The molecule has 0 aliphatic rings. The Labute approximate surface area is 179 Å². The summed E-state index contributed by atoms with van der Waals surface area (Å²) in [6.45, 7) is 6.22. The molecule has 156 valence electrons. The van der Waals surface area contributed by atoms with Crippen LogP contribution < -0.4 is 5.73 Å². The second-order valence-electron chi connectivity index (χ2n) is 7.35. The van der Waals surface area contributed by atoms with Crippen molar-refractivity contribution in [3.63, 3.8) is 0 Å². The Morgan fingerprint density at radius 3 is 2.67 bits per heavy atom. The Morgan fingerprint density at radius 2 is 2.07 bits per heavy atom. The van der Waals surface area contributed by atoms with E-state index in [0.717, 1.165) is 11.3 Å². The van der Waals surface area contributed by atoms with Gasteiger partial charge in [-0.3, -0.25) is 9.48 Å². The van der Waals surface area contributed by atoms with Gasteiger partial charge in [0.2, 0.25) is 0 Å². The fraction of sp³-hybridized carbons (Fsp3) is 0.333. The third-order valence-electron chi connectivity index (χ3n) is 4.83. The second kappa shape index (κ2) is 8.69. The molecule has 1 amide bonds. The van der Waals surface area contributed by atoms with Gasteiger partial charge >= 0.3 is 0 Å². The van der Waals surface area contributed by atoms with Crippen molar-refractivity contribution in [3.05, 3.63) is 58.3 Å². The molecule has 2 aromatic heterocycles. The second-order valence-corrected chi connectivity index (χ2v) is 7.75. The van der Waals surface area contributed by atoms with Crippen LogP contribution in [0.5, 0.6) is 0 Å². The predicted molar refractivity (Wildman–Crippen MR) is 113 cm³/mol. The molecule has 2 atom stereocenters. The zero-order valence-corrected chi connectivity index (χ0v) is 17.8. The van der Waals surface area contributed by atoms with Crippen LogP contribution in [0.15, 0.2) is 30.5 Å². The lowest BCUT2D eigenvalue weighted by Crippen LogP contribution is -2.22. The first-order valence-corrected chi connectivity index (χ1v) is 9.87. The van der Waals surface area contributed by atoms with Gasteiger partial charge < -0.3 is 15.4 Å². The summed E-state index contributed by atoms with van der Waals surface area (Å²) in [5.41, 5.74) is 8.37. The van der Waals surface area contributed by atoms with E-state index < -0.39 is 12.0 Å². The quantitative estimate of drug-likeness (QED) is 0.601. The molecule has 0 bridgehead atoms. The zero-order chi connectivity index (χ0) is 22.0. The van der Waals surface area contributed by atoms with E-state index in [-0.39, 0.29) is 11.6 Å². The number of aromatic nitrogens is 4. The van der Waals surface area contributed by atoms with Crippen LogP contribution in [0.25, 0.3) is 11.3 Å². The van der Waals surface area contributed by atoms with Crippen molar-refractivity contribution in [2.45, 2.75) is 45.9 Å². The molecule has 3 aromatic rings. The van der Waals surface area contributed by atoms with Crippen molar-refractivity contribution >= 4 is 17.5 Å². The Kier molecular flexibility index (Phi) is 6.25. The number of hydrogen-bond donors (Lipinski definition) is 2. The molecule has 3 rings (SSSR count). The SMILES string of the molecule is Cc1nc(C(N)=O)c([C@@H](C)Cn2ccc(-c3ccc(C#N)c(Cl)c3)n2)n1C[C@@H](C)O. The first-order valence-electron chi connectivity index (χ1n) is 9.49. The topological polar surface area (TPSA) is 123 Å². The number of carbonyl (C=O) groups is 1. The number of nitrogens with zero attached hydrogens (tertiary/aromatic N) is 5. The number of carbonyl (C=O) groups excluding carboxylic acids is 1. The lowest BCUT2D eigenvalue weighted by atomic mass is 10.1. The highest BCUT2D eigenvalue weighted by molar-refractivity contribution is 6.32. The maximum absolute atomic E-state index is 11.9. The van der Waals surface area contributed by atoms with Crippen LogP contribution in [0.4, 0.5) is 0 Å². The molecule has 0 radical (unpaired) electrons. The maximum Gasteiger partial charge on any atom is 0.269 e. The molecule has 9 heteroatoms. The van der Waals surface area contributed by atoms with Gasteiger partial charge in [0.1, 0.15) is 17.6 Å².